The van der Waals surface area contributed by atoms with Crippen molar-refractivity contribution in [3.8, 4) is 5.69 Å². The van der Waals surface area contributed by atoms with E-state index in [0.29, 0.717) is 11.4 Å². The first-order valence-corrected chi connectivity index (χ1v) is 8.35. The number of anilines is 1. The molecule has 0 unspecified atom stereocenters. The first-order valence-electron chi connectivity index (χ1n) is 8.35. The van der Waals surface area contributed by atoms with Crippen molar-refractivity contribution in [2.75, 3.05) is 5.32 Å². The van der Waals surface area contributed by atoms with E-state index >= 15 is 0 Å². The molecule has 0 aliphatic heterocycles. The Hall–Kier alpha value is -3.48. The van der Waals surface area contributed by atoms with E-state index in [-0.39, 0.29) is 11.6 Å². The van der Waals surface area contributed by atoms with Gasteiger partial charge in [-0.15, -0.1) is 0 Å². The van der Waals surface area contributed by atoms with Gasteiger partial charge in [0.1, 0.15) is 5.82 Å². The second-order valence-corrected chi connectivity index (χ2v) is 6.13. The molecule has 1 aliphatic rings. The predicted octanol–water partition coefficient (Wildman–Crippen LogP) is 3.52. The van der Waals surface area contributed by atoms with E-state index in [0.717, 1.165) is 36.2 Å². The number of nitro benzene ring substituents is 1. The quantitative estimate of drug-likeness (QED) is 0.577. The third-order valence-corrected chi connectivity index (χ3v) is 4.48. The molecule has 2 aromatic carbocycles. The first kappa shape index (κ1) is 16.0. The Bertz CT molecular complexity index is 978. The number of hydrogen-bond acceptors (Lipinski definition) is 4. The number of benzene rings is 2. The molecule has 3 aromatic rings. The van der Waals surface area contributed by atoms with Crippen LogP contribution in [0.15, 0.2) is 54.6 Å². The minimum atomic E-state index is -0.487. The van der Waals surface area contributed by atoms with Crippen molar-refractivity contribution in [3.63, 3.8) is 0 Å². The number of fused-ring (bicyclic) bond motifs is 1. The van der Waals surface area contributed by atoms with Crippen molar-refractivity contribution in [3.05, 3.63) is 81.5 Å². The maximum Gasteiger partial charge on any atom is 0.269 e. The van der Waals surface area contributed by atoms with Crippen LogP contribution in [-0.2, 0) is 12.8 Å². The van der Waals surface area contributed by atoms with Crippen LogP contribution in [0.5, 0.6) is 0 Å². The van der Waals surface area contributed by atoms with Crippen molar-refractivity contribution < 1.29 is 9.72 Å². The average molecular weight is 348 g/mol. The summed E-state index contributed by atoms with van der Waals surface area (Å²) in [6.07, 6.45) is 2.79. The highest BCUT2D eigenvalue weighted by Gasteiger charge is 2.24. The summed E-state index contributed by atoms with van der Waals surface area (Å²) < 4.78 is 1.76. The molecule has 7 heteroatoms. The fourth-order valence-corrected chi connectivity index (χ4v) is 3.19. The van der Waals surface area contributed by atoms with Crippen molar-refractivity contribution >= 4 is 17.4 Å². The molecule has 0 fully saturated rings. The lowest BCUT2D eigenvalue weighted by Crippen LogP contribution is -2.16. The number of aryl methyl sites for hydroxylation is 1. The van der Waals surface area contributed by atoms with E-state index in [2.05, 4.69) is 10.4 Å². The number of aromatic nitrogens is 2. The Kier molecular flexibility index (Phi) is 3.96. The van der Waals surface area contributed by atoms with E-state index in [1.165, 1.54) is 24.3 Å². The summed E-state index contributed by atoms with van der Waals surface area (Å²) in [4.78, 5) is 22.9. The summed E-state index contributed by atoms with van der Waals surface area (Å²) >= 11 is 0. The second kappa shape index (κ2) is 6.44. The molecule has 0 spiro atoms. The molecule has 0 bridgehead atoms. The van der Waals surface area contributed by atoms with Crippen molar-refractivity contribution in [2.45, 2.75) is 19.3 Å². The molecule has 4 rings (SSSR count). The molecule has 26 heavy (non-hydrogen) atoms. The van der Waals surface area contributed by atoms with E-state index < -0.39 is 4.92 Å². The van der Waals surface area contributed by atoms with Gasteiger partial charge in [0, 0.05) is 23.3 Å². The number of carbonyl (C=O) groups is 1. The maximum absolute atomic E-state index is 12.7. The number of para-hydroxylation sites is 1. The summed E-state index contributed by atoms with van der Waals surface area (Å²) in [5.74, 6) is 0.360. The molecule has 1 aromatic heterocycles. The number of nitrogens with zero attached hydrogens (tertiary/aromatic N) is 3. The van der Waals surface area contributed by atoms with Crippen LogP contribution in [0.4, 0.5) is 11.5 Å². The lowest BCUT2D eigenvalue weighted by Gasteiger charge is -2.11. The molecule has 0 atom stereocenters. The Morgan fingerprint density at radius 1 is 1.08 bits per heavy atom. The number of rotatable bonds is 4. The van der Waals surface area contributed by atoms with Gasteiger partial charge in [0.2, 0.25) is 0 Å². The molecule has 0 radical (unpaired) electrons. The van der Waals surface area contributed by atoms with Crippen LogP contribution in [0.2, 0.25) is 0 Å². The second-order valence-electron chi connectivity index (χ2n) is 6.13. The minimum Gasteiger partial charge on any atom is -0.306 e. The normalized spacial score (nSPS) is 12.6. The number of nitrogens with one attached hydrogen (secondary N) is 1. The van der Waals surface area contributed by atoms with E-state index in [9.17, 15) is 14.9 Å². The number of nitro groups is 1. The number of amides is 1. The molecule has 1 heterocycles. The molecular formula is C19H16N4O3. The van der Waals surface area contributed by atoms with Crippen LogP contribution in [0, 0.1) is 10.1 Å². The maximum atomic E-state index is 12.7. The van der Waals surface area contributed by atoms with Gasteiger partial charge in [-0.25, -0.2) is 4.68 Å². The third kappa shape index (κ3) is 2.83. The van der Waals surface area contributed by atoms with Crippen LogP contribution >= 0.6 is 0 Å². The molecule has 1 amide bonds. The smallest absolute Gasteiger partial charge is 0.269 e. The SMILES string of the molecule is O=C(Nc1c2c(nn1-c1ccccc1)CCC2)c1ccc([N+](=O)[O-])cc1. The van der Waals surface area contributed by atoms with Gasteiger partial charge in [0.15, 0.2) is 0 Å². The van der Waals surface area contributed by atoms with Gasteiger partial charge >= 0.3 is 0 Å². The van der Waals surface area contributed by atoms with Crippen LogP contribution < -0.4 is 5.32 Å². The van der Waals surface area contributed by atoms with Crippen molar-refractivity contribution in [2.24, 2.45) is 0 Å². The Morgan fingerprint density at radius 2 is 1.81 bits per heavy atom. The molecule has 0 saturated heterocycles. The molecular weight excluding hydrogens is 332 g/mol. The molecule has 130 valence electrons. The van der Waals surface area contributed by atoms with Crippen molar-refractivity contribution in [1.82, 2.24) is 9.78 Å². The van der Waals surface area contributed by atoms with E-state index in [4.69, 9.17) is 0 Å². The summed E-state index contributed by atoms with van der Waals surface area (Å²) in [6.45, 7) is 0. The van der Waals surface area contributed by atoms with Gasteiger partial charge in [-0.1, -0.05) is 18.2 Å². The van der Waals surface area contributed by atoms with Gasteiger partial charge in [0.25, 0.3) is 11.6 Å². The summed E-state index contributed by atoms with van der Waals surface area (Å²) in [5, 5.41) is 18.4. The largest absolute Gasteiger partial charge is 0.306 e. The zero-order chi connectivity index (χ0) is 18.1. The summed E-state index contributed by atoms with van der Waals surface area (Å²) in [7, 11) is 0. The Labute approximate surface area is 149 Å². The number of hydrogen-bond donors (Lipinski definition) is 1. The van der Waals surface area contributed by atoms with Crippen LogP contribution in [0.1, 0.15) is 28.0 Å². The molecule has 1 N–H and O–H groups in total. The molecule has 0 saturated carbocycles. The van der Waals surface area contributed by atoms with Crippen molar-refractivity contribution in [1.29, 1.82) is 0 Å². The number of non-ortho nitro benzene ring substituents is 1. The lowest BCUT2D eigenvalue weighted by atomic mass is 10.2. The monoisotopic (exact) mass is 348 g/mol. The standard InChI is InChI=1S/C19H16N4O3/c24-19(13-9-11-15(12-10-13)23(25)26)20-18-16-7-4-8-17(16)21-22(18)14-5-2-1-3-6-14/h1-3,5-6,9-12H,4,7-8H2,(H,20,24). The fraction of sp³-hybridized carbons (Fsp3) is 0.158. The lowest BCUT2D eigenvalue weighted by molar-refractivity contribution is -0.384. The van der Waals surface area contributed by atoms with Gasteiger partial charge in [-0.2, -0.15) is 5.10 Å². The Balaban J connectivity index is 1.67. The van der Waals surface area contributed by atoms with Crippen LogP contribution in [0.3, 0.4) is 0 Å². The highest BCUT2D eigenvalue weighted by atomic mass is 16.6. The van der Waals surface area contributed by atoms with Crippen LogP contribution in [0.25, 0.3) is 5.69 Å². The van der Waals surface area contributed by atoms with Gasteiger partial charge in [0.05, 0.1) is 16.3 Å². The third-order valence-electron chi connectivity index (χ3n) is 4.48. The predicted molar refractivity (Wildman–Crippen MR) is 96.6 cm³/mol. The fourth-order valence-electron chi connectivity index (χ4n) is 3.19. The molecule has 1 aliphatic carbocycles. The van der Waals surface area contributed by atoms with Gasteiger partial charge in [-0.05, 0) is 43.5 Å². The Morgan fingerprint density at radius 3 is 2.50 bits per heavy atom. The van der Waals surface area contributed by atoms with Gasteiger partial charge in [-0.3, -0.25) is 14.9 Å². The zero-order valence-corrected chi connectivity index (χ0v) is 13.9. The topological polar surface area (TPSA) is 90.1 Å². The highest BCUT2D eigenvalue weighted by Crippen LogP contribution is 2.31. The molecule has 7 nitrogen and oxygen atoms in total. The van der Waals surface area contributed by atoms with E-state index in [1.807, 2.05) is 30.3 Å². The summed E-state index contributed by atoms with van der Waals surface area (Å²) in [6, 6.07) is 15.2. The zero-order valence-electron chi connectivity index (χ0n) is 13.9. The summed E-state index contributed by atoms with van der Waals surface area (Å²) in [5.41, 5.74) is 3.26. The van der Waals surface area contributed by atoms with Crippen LogP contribution in [-0.4, -0.2) is 20.6 Å². The average Bonchev–Trinajstić information content (AvgIpc) is 3.25. The van der Waals surface area contributed by atoms with E-state index in [1.54, 1.807) is 4.68 Å². The minimum absolute atomic E-state index is 0.0447. The van der Waals surface area contributed by atoms with Gasteiger partial charge < -0.3 is 5.32 Å². The number of carbonyl (C=O) groups excluding carboxylic acids is 1. The highest BCUT2D eigenvalue weighted by molar-refractivity contribution is 6.04. The first-order chi connectivity index (χ1) is 12.6.